The molecule has 6 nitrogen and oxygen atoms in total. The number of hydrogen-bond donors (Lipinski definition) is 2. The van der Waals surface area contributed by atoms with Crippen LogP contribution in [0.5, 0.6) is 0 Å². The summed E-state index contributed by atoms with van der Waals surface area (Å²) in [6, 6.07) is 11.5. The molecule has 0 bridgehead atoms. The van der Waals surface area contributed by atoms with E-state index in [2.05, 4.69) is 57.8 Å². The van der Waals surface area contributed by atoms with Gasteiger partial charge in [-0.1, -0.05) is 50.1 Å². The molecule has 1 aromatic rings. The fourth-order valence-corrected chi connectivity index (χ4v) is 4.45. The minimum Gasteiger partial charge on any atom is -0.354 e. The van der Waals surface area contributed by atoms with E-state index in [0.717, 1.165) is 44.4 Å². The van der Waals surface area contributed by atoms with Gasteiger partial charge in [0, 0.05) is 45.8 Å². The van der Waals surface area contributed by atoms with Crippen molar-refractivity contribution in [2.45, 2.75) is 64.1 Å². The lowest BCUT2D eigenvalue weighted by molar-refractivity contribution is -0.127. The molecule has 1 aliphatic carbocycles. The van der Waals surface area contributed by atoms with Gasteiger partial charge >= 0.3 is 0 Å². The van der Waals surface area contributed by atoms with Gasteiger partial charge in [0.15, 0.2) is 5.96 Å². The van der Waals surface area contributed by atoms with Gasteiger partial charge in [-0.05, 0) is 37.2 Å². The number of likely N-dealkylation sites (N-methyl/N-ethyl adjacent to an activating group) is 1. The van der Waals surface area contributed by atoms with Crippen LogP contribution in [0.15, 0.2) is 35.3 Å². The zero-order valence-electron chi connectivity index (χ0n) is 18.9. The van der Waals surface area contributed by atoms with Gasteiger partial charge in [-0.15, -0.1) is 0 Å². The van der Waals surface area contributed by atoms with Gasteiger partial charge < -0.3 is 15.5 Å². The van der Waals surface area contributed by atoms with Gasteiger partial charge in [0.1, 0.15) is 6.54 Å². The lowest BCUT2D eigenvalue weighted by Gasteiger charge is -2.34. The largest absolute Gasteiger partial charge is 0.354 e. The fraction of sp³-hybridized carbons (Fsp3) is 0.667. The fourth-order valence-electron chi connectivity index (χ4n) is 4.45. The standard InChI is InChI=1S/C24H39N5O/c1-19-8-7-11-22(16-19)27-24(25-17-23(30)28(2)3)26-21-12-14-29(15-13-21)18-20-9-5-4-6-10-20/h4-6,9-10,19,21-22H,7-8,11-18H2,1-3H3,(H2,25,26,27). The molecule has 6 heteroatoms. The van der Waals surface area contributed by atoms with Crippen LogP contribution in [0.4, 0.5) is 0 Å². The van der Waals surface area contributed by atoms with Crippen LogP contribution >= 0.6 is 0 Å². The Kier molecular flexibility index (Phi) is 8.55. The van der Waals surface area contributed by atoms with E-state index in [-0.39, 0.29) is 12.5 Å². The number of carbonyl (C=O) groups excluding carboxylic acids is 1. The number of hydrogen-bond acceptors (Lipinski definition) is 3. The molecule has 0 aromatic heterocycles. The number of piperidine rings is 1. The molecule has 0 spiro atoms. The Balaban J connectivity index is 1.53. The number of aliphatic imine (C=N–C) groups is 1. The summed E-state index contributed by atoms with van der Waals surface area (Å²) < 4.78 is 0. The Labute approximate surface area is 182 Å². The molecule has 2 N–H and O–H groups in total. The van der Waals surface area contributed by atoms with E-state index >= 15 is 0 Å². The van der Waals surface area contributed by atoms with Crippen LogP contribution < -0.4 is 10.6 Å². The van der Waals surface area contributed by atoms with E-state index in [9.17, 15) is 4.79 Å². The molecule has 2 fully saturated rings. The number of benzene rings is 1. The minimum absolute atomic E-state index is 0.0331. The second-order valence-corrected chi connectivity index (χ2v) is 9.25. The van der Waals surface area contributed by atoms with Gasteiger partial charge in [0.05, 0.1) is 0 Å². The molecule has 3 rings (SSSR count). The normalized spacial score (nSPS) is 23.8. The van der Waals surface area contributed by atoms with Gasteiger partial charge in [-0.25, -0.2) is 4.99 Å². The van der Waals surface area contributed by atoms with Crippen molar-refractivity contribution in [3.63, 3.8) is 0 Å². The van der Waals surface area contributed by atoms with Crippen LogP contribution in [0.25, 0.3) is 0 Å². The summed E-state index contributed by atoms with van der Waals surface area (Å²) in [5, 5.41) is 7.27. The molecule has 1 aromatic carbocycles. The Morgan fingerprint density at radius 2 is 1.77 bits per heavy atom. The Morgan fingerprint density at radius 3 is 2.43 bits per heavy atom. The molecule has 1 saturated carbocycles. The number of likely N-dealkylation sites (tertiary alicyclic amines) is 1. The molecule has 2 unspecified atom stereocenters. The monoisotopic (exact) mass is 413 g/mol. The highest BCUT2D eigenvalue weighted by Gasteiger charge is 2.23. The maximum Gasteiger partial charge on any atom is 0.243 e. The van der Waals surface area contributed by atoms with Crippen LogP contribution in [0, 0.1) is 5.92 Å². The van der Waals surface area contributed by atoms with Crippen LogP contribution in [-0.4, -0.2) is 67.5 Å². The first kappa shape index (κ1) is 22.6. The maximum absolute atomic E-state index is 12.1. The molecular weight excluding hydrogens is 374 g/mol. The highest BCUT2D eigenvalue weighted by atomic mass is 16.2. The Bertz CT molecular complexity index is 682. The number of nitrogens with one attached hydrogen (secondary N) is 2. The minimum atomic E-state index is 0.0331. The van der Waals surface area contributed by atoms with E-state index in [1.165, 1.54) is 31.2 Å². The zero-order valence-corrected chi connectivity index (χ0v) is 18.9. The predicted molar refractivity (Wildman–Crippen MR) is 123 cm³/mol. The molecule has 1 saturated heterocycles. The van der Waals surface area contributed by atoms with Crippen molar-refractivity contribution in [1.82, 2.24) is 20.4 Å². The van der Waals surface area contributed by atoms with Crippen molar-refractivity contribution >= 4 is 11.9 Å². The highest BCUT2D eigenvalue weighted by molar-refractivity contribution is 5.85. The lowest BCUT2D eigenvalue weighted by Crippen LogP contribution is -2.51. The molecule has 30 heavy (non-hydrogen) atoms. The lowest BCUT2D eigenvalue weighted by atomic mass is 9.87. The Morgan fingerprint density at radius 1 is 1.07 bits per heavy atom. The summed E-state index contributed by atoms with van der Waals surface area (Å²) in [5.41, 5.74) is 1.38. The summed E-state index contributed by atoms with van der Waals surface area (Å²) in [7, 11) is 3.56. The SMILES string of the molecule is CC1CCCC(NC(=NCC(=O)N(C)C)NC2CCN(Cc3ccccc3)CC2)C1. The molecule has 2 aliphatic rings. The summed E-state index contributed by atoms with van der Waals surface area (Å²) in [6.45, 7) is 5.70. The molecule has 0 radical (unpaired) electrons. The molecule has 1 aliphatic heterocycles. The van der Waals surface area contributed by atoms with Gasteiger partial charge in [0.2, 0.25) is 5.91 Å². The first-order valence-electron chi connectivity index (χ1n) is 11.5. The third-order valence-electron chi connectivity index (χ3n) is 6.33. The molecule has 166 valence electrons. The van der Waals surface area contributed by atoms with E-state index in [1.807, 2.05) is 0 Å². The van der Waals surface area contributed by atoms with Crippen molar-refractivity contribution < 1.29 is 4.79 Å². The first-order valence-corrected chi connectivity index (χ1v) is 11.5. The van der Waals surface area contributed by atoms with E-state index in [4.69, 9.17) is 0 Å². The average molecular weight is 414 g/mol. The van der Waals surface area contributed by atoms with Gasteiger partial charge in [-0.3, -0.25) is 9.69 Å². The highest BCUT2D eigenvalue weighted by Crippen LogP contribution is 2.23. The van der Waals surface area contributed by atoms with Crippen molar-refractivity contribution in [2.75, 3.05) is 33.7 Å². The number of guanidine groups is 1. The predicted octanol–water partition coefficient (Wildman–Crippen LogP) is 2.85. The van der Waals surface area contributed by atoms with Gasteiger partial charge in [-0.2, -0.15) is 0 Å². The number of amides is 1. The number of rotatable bonds is 6. The summed E-state index contributed by atoms with van der Waals surface area (Å²) in [4.78, 5) is 20.8. The smallest absolute Gasteiger partial charge is 0.243 e. The zero-order chi connectivity index (χ0) is 21.3. The second kappa shape index (κ2) is 11.3. The topological polar surface area (TPSA) is 60.0 Å². The quantitative estimate of drug-likeness (QED) is 0.556. The Hall–Kier alpha value is -2.08. The third-order valence-corrected chi connectivity index (χ3v) is 6.33. The van der Waals surface area contributed by atoms with E-state index in [1.54, 1.807) is 19.0 Å². The number of carbonyl (C=O) groups is 1. The molecular formula is C24H39N5O. The summed E-state index contributed by atoms with van der Waals surface area (Å²) >= 11 is 0. The second-order valence-electron chi connectivity index (χ2n) is 9.25. The van der Waals surface area contributed by atoms with E-state index < -0.39 is 0 Å². The van der Waals surface area contributed by atoms with Crippen LogP contribution in [0.1, 0.15) is 51.0 Å². The van der Waals surface area contributed by atoms with Crippen molar-refractivity contribution in [2.24, 2.45) is 10.9 Å². The average Bonchev–Trinajstić information content (AvgIpc) is 2.74. The summed E-state index contributed by atoms with van der Waals surface area (Å²) in [5.74, 6) is 1.60. The van der Waals surface area contributed by atoms with Gasteiger partial charge in [0.25, 0.3) is 0 Å². The number of nitrogens with zero attached hydrogens (tertiary/aromatic N) is 3. The molecule has 1 heterocycles. The van der Waals surface area contributed by atoms with Crippen LogP contribution in [0.3, 0.4) is 0 Å². The third kappa shape index (κ3) is 7.31. The molecule has 1 amide bonds. The van der Waals surface area contributed by atoms with Crippen LogP contribution in [-0.2, 0) is 11.3 Å². The molecule has 2 atom stereocenters. The van der Waals surface area contributed by atoms with Crippen molar-refractivity contribution in [1.29, 1.82) is 0 Å². The maximum atomic E-state index is 12.1. The van der Waals surface area contributed by atoms with Crippen molar-refractivity contribution in [3.05, 3.63) is 35.9 Å². The van der Waals surface area contributed by atoms with Crippen LogP contribution in [0.2, 0.25) is 0 Å². The first-order chi connectivity index (χ1) is 14.5. The summed E-state index contributed by atoms with van der Waals surface area (Å²) in [6.07, 6.45) is 7.13. The van der Waals surface area contributed by atoms with Crippen molar-refractivity contribution in [3.8, 4) is 0 Å². The van der Waals surface area contributed by atoms with E-state index in [0.29, 0.717) is 12.1 Å².